The van der Waals surface area contributed by atoms with Gasteiger partial charge in [-0.3, -0.25) is 4.79 Å². The molecule has 0 fully saturated rings. The highest BCUT2D eigenvalue weighted by molar-refractivity contribution is 6.06. The largest absolute Gasteiger partial charge is 0.479 e. The van der Waals surface area contributed by atoms with E-state index >= 15 is 0 Å². The lowest BCUT2D eigenvalue weighted by Crippen LogP contribution is -2.46. The quantitative estimate of drug-likeness (QED) is 0.756. The molecule has 0 aliphatic carbocycles. The molecule has 0 aliphatic rings. The van der Waals surface area contributed by atoms with Gasteiger partial charge in [-0.1, -0.05) is 19.0 Å². The number of amides is 1. The average Bonchev–Trinajstić information content (AvgIpc) is 2.85. The first-order valence-corrected chi connectivity index (χ1v) is 7.14. The molecule has 1 unspecified atom stereocenters. The van der Waals surface area contributed by atoms with E-state index in [1.165, 1.54) is 0 Å². The van der Waals surface area contributed by atoms with Crippen molar-refractivity contribution in [2.24, 2.45) is 0 Å². The van der Waals surface area contributed by atoms with Crippen LogP contribution in [0.25, 0.3) is 11.1 Å². The minimum Gasteiger partial charge on any atom is -0.479 e. The third-order valence-electron chi connectivity index (χ3n) is 3.53. The first-order chi connectivity index (χ1) is 10.6. The normalized spacial score (nSPS) is 14.0. The fourth-order valence-corrected chi connectivity index (χ4v) is 2.01. The molecule has 2 rings (SSSR count). The van der Waals surface area contributed by atoms with Crippen molar-refractivity contribution in [3.63, 3.8) is 0 Å². The standard InChI is InChI=1S/C15H19N3O5/c1-7(2)10-5-9(11-8(3)18-23-13(11)17-10)12(19)16-6-15(4,22)14(20)21/h5,7,22H,6H2,1-4H3,(H,16,19)(H,20,21). The van der Waals surface area contributed by atoms with E-state index in [4.69, 9.17) is 9.63 Å². The Bertz CT molecular complexity index is 764. The summed E-state index contributed by atoms with van der Waals surface area (Å²) < 4.78 is 5.13. The van der Waals surface area contributed by atoms with E-state index in [0.29, 0.717) is 22.3 Å². The van der Waals surface area contributed by atoms with Gasteiger partial charge < -0.3 is 20.1 Å². The third-order valence-corrected chi connectivity index (χ3v) is 3.53. The molecular formula is C15H19N3O5. The third kappa shape index (κ3) is 3.31. The van der Waals surface area contributed by atoms with Gasteiger partial charge in [0.2, 0.25) is 0 Å². The summed E-state index contributed by atoms with van der Waals surface area (Å²) in [5.74, 6) is -1.87. The van der Waals surface area contributed by atoms with Gasteiger partial charge in [-0.2, -0.15) is 0 Å². The van der Waals surface area contributed by atoms with Crippen molar-refractivity contribution in [1.29, 1.82) is 0 Å². The highest BCUT2D eigenvalue weighted by Crippen LogP contribution is 2.25. The maximum atomic E-state index is 12.4. The van der Waals surface area contributed by atoms with E-state index in [1.807, 2.05) is 13.8 Å². The van der Waals surface area contributed by atoms with Gasteiger partial charge in [-0.15, -0.1) is 0 Å². The molecule has 0 aliphatic heterocycles. The fraction of sp³-hybridized carbons (Fsp3) is 0.467. The van der Waals surface area contributed by atoms with Gasteiger partial charge in [0.25, 0.3) is 11.6 Å². The summed E-state index contributed by atoms with van der Waals surface area (Å²) in [5, 5.41) is 25.3. The zero-order valence-electron chi connectivity index (χ0n) is 13.4. The second-order valence-electron chi connectivity index (χ2n) is 5.96. The Morgan fingerprint density at radius 2 is 2.09 bits per heavy atom. The van der Waals surface area contributed by atoms with Crippen LogP contribution in [0.15, 0.2) is 10.6 Å². The summed E-state index contributed by atoms with van der Waals surface area (Å²) >= 11 is 0. The SMILES string of the molecule is Cc1noc2nc(C(C)C)cc(C(=O)NCC(C)(O)C(=O)O)c12. The first-order valence-electron chi connectivity index (χ1n) is 7.14. The smallest absolute Gasteiger partial charge is 0.337 e. The van der Waals surface area contributed by atoms with Crippen molar-refractivity contribution >= 4 is 23.0 Å². The van der Waals surface area contributed by atoms with Crippen molar-refractivity contribution in [3.8, 4) is 0 Å². The minimum absolute atomic E-state index is 0.0680. The van der Waals surface area contributed by atoms with Gasteiger partial charge >= 0.3 is 5.97 Å². The zero-order valence-corrected chi connectivity index (χ0v) is 13.4. The number of aliphatic carboxylic acids is 1. The molecule has 2 aromatic heterocycles. The number of aryl methyl sites for hydroxylation is 1. The van der Waals surface area contributed by atoms with Gasteiger partial charge in [-0.05, 0) is 25.8 Å². The number of hydrogen-bond donors (Lipinski definition) is 3. The van der Waals surface area contributed by atoms with Crippen molar-refractivity contribution in [3.05, 3.63) is 23.0 Å². The van der Waals surface area contributed by atoms with Gasteiger partial charge in [0.15, 0.2) is 5.60 Å². The molecule has 2 heterocycles. The van der Waals surface area contributed by atoms with E-state index in [0.717, 1.165) is 6.92 Å². The second-order valence-corrected chi connectivity index (χ2v) is 5.96. The number of nitrogens with zero attached hydrogens (tertiary/aromatic N) is 2. The number of fused-ring (bicyclic) bond motifs is 1. The van der Waals surface area contributed by atoms with Gasteiger partial charge in [0.05, 0.1) is 23.2 Å². The molecule has 2 aromatic rings. The molecule has 124 valence electrons. The molecule has 0 aromatic carbocycles. The number of pyridine rings is 1. The molecule has 3 N–H and O–H groups in total. The van der Waals surface area contributed by atoms with Crippen LogP contribution in [0.1, 0.15) is 48.4 Å². The highest BCUT2D eigenvalue weighted by atomic mass is 16.5. The monoisotopic (exact) mass is 321 g/mol. The van der Waals surface area contributed by atoms with E-state index in [1.54, 1.807) is 13.0 Å². The molecular weight excluding hydrogens is 302 g/mol. The van der Waals surface area contributed by atoms with Crippen LogP contribution in [-0.4, -0.2) is 44.4 Å². The summed E-state index contributed by atoms with van der Waals surface area (Å²) in [7, 11) is 0. The van der Waals surface area contributed by atoms with Crippen molar-refractivity contribution in [1.82, 2.24) is 15.5 Å². The van der Waals surface area contributed by atoms with Crippen molar-refractivity contribution in [2.45, 2.75) is 39.2 Å². The summed E-state index contributed by atoms with van der Waals surface area (Å²) in [5.41, 5.74) is -0.337. The molecule has 23 heavy (non-hydrogen) atoms. The minimum atomic E-state index is -2.05. The van der Waals surface area contributed by atoms with E-state index < -0.39 is 24.0 Å². The Hall–Kier alpha value is -2.48. The van der Waals surface area contributed by atoms with Crippen LogP contribution < -0.4 is 5.32 Å². The number of carboxylic acid groups (broad SMARTS) is 1. The van der Waals surface area contributed by atoms with Crippen LogP contribution in [0.3, 0.4) is 0 Å². The zero-order chi connectivity index (χ0) is 17.4. The topological polar surface area (TPSA) is 126 Å². The maximum absolute atomic E-state index is 12.4. The molecule has 1 atom stereocenters. The summed E-state index contributed by atoms with van der Waals surface area (Å²) in [6, 6.07) is 1.63. The average molecular weight is 321 g/mol. The number of hydrogen-bond acceptors (Lipinski definition) is 6. The van der Waals surface area contributed by atoms with E-state index in [9.17, 15) is 14.7 Å². The van der Waals surface area contributed by atoms with E-state index in [-0.39, 0.29) is 11.6 Å². The molecule has 0 spiro atoms. The molecule has 0 saturated heterocycles. The van der Waals surface area contributed by atoms with E-state index in [2.05, 4.69) is 15.5 Å². The van der Waals surface area contributed by atoms with Gasteiger partial charge in [0.1, 0.15) is 0 Å². The van der Waals surface area contributed by atoms with Crippen LogP contribution in [0.5, 0.6) is 0 Å². The Morgan fingerprint density at radius 1 is 1.43 bits per heavy atom. The van der Waals surface area contributed by atoms with Crippen molar-refractivity contribution < 1.29 is 24.3 Å². The van der Waals surface area contributed by atoms with Gasteiger partial charge in [-0.25, -0.2) is 9.78 Å². The predicted octanol–water partition coefficient (Wildman–Crippen LogP) is 1.22. The lowest BCUT2D eigenvalue weighted by atomic mass is 10.0. The highest BCUT2D eigenvalue weighted by Gasteiger charge is 2.31. The number of nitrogens with one attached hydrogen (secondary N) is 1. The first kappa shape index (κ1) is 16.9. The van der Waals surface area contributed by atoms with Crippen LogP contribution in [0.2, 0.25) is 0 Å². The van der Waals surface area contributed by atoms with Crippen LogP contribution in [0.4, 0.5) is 0 Å². The lowest BCUT2D eigenvalue weighted by Gasteiger charge is -2.18. The number of aliphatic hydroxyl groups is 1. The number of carbonyl (C=O) groups is 2. The number of rotatable bonds is 5. The van der Waals surface area contributed by atoms with Gasteiger partial charge in [0, 0.05) is 5.69 Å². The molecule has 0 bridgehead atoms. The molecule has 0 saturated carbocycles. The summed E-state index contributed by atoms with van der Waals surface area (Å²) in [6.45, 7) is 6.23. The van der Waals surface area contributed by atoms with Crippen LogP contribution >= 0.6 is 0 Å². The summed E-state index contributed by atoms with van der Waals surface area (Å²) in [6.07, 6.45) is 0. The Labute approximate surface area is 132 Å². The second kappa shape index (κ2) is 5.96. The predicted molar refractivity (Wildman–Crippen MR) is 81.2 cm³/mol. The Balaban J connectivity index is 2.39. The number of carbonyl (C=O) groups excluding carboxylic acids is 1. The maximum Gasteiger partial charge on any atom is 0.337 e. The van der Waals surface area contributed by atoms with Crippen molar-refractivity contribution in [2.75, 3.05) is 6.54 Å². The number of carboxylic acids is 1. The number of aromatic nitrogens is 2. The Morgan fingerprint density at radius 3 is 2.65 bits per heavy atom. The molecule has 1 amide bonds. The fourth-order valence-electron chi connectivity index (χ4n) is 2.01. The Kier molecular flexibility index (Phi) is 4.37. The molecule has 0 radical (unpaired) electrons. The van der Waals surface area contributed by atoms with Crippen LogP contribution in [0, 0.1) is 6.92 Å². The summed E-state index contributed by atoms with van der Waals surface area (Å²) in [4.78, 5) is 27.7. The molecule has 8 nitrogen and oxygen atoms in total. The lowest BCUT2D eigenvalue weighted by molar-refractivity contribution is -0.155. The van der Waals surface area contributed by atoms with Crippen LogP contribution in [-0.2, 0) is 4.79 Å². The molecule has 8 heteroatoms.